The van der Waals surface area contributed by atoms with Gasteiger partial charge in [0, 0.05) is 29.6 Å². The average molecular weight is 338 g/mol. The van der Waals surface area contributed by atoms with Crippen molar-refractivity contribution in [2.45, 2.75) is 19.8 Å². The first-order valence-corrected chi connectivity index (χ1v) is 8.61. The maximum absolute atomic E-state index is 12.0. The lowest BCUT2D eigenvalue weighted by Crippen LogP contribution is -2.12. The number of anilines is 1. The fourth-order valence-electron chi connectivity index (χ4n) is 2.19. The molecule has 3 rings (SSSR count). The van der Waals surface area contributed by atoms with Crippen molar-refractivity contribution < 1.29 is 9.53 Å². The minimum absolute atomic E-state index is 0.0143. The summed E-state index contributed by atoms with van der Waals surface area (Å²) in [5, 5.41) is 5.89. The predicted molar refractivity (Wildman–Crippen MR) is 96.8 cm³/mol. The number of para-hydroxylation sites is 1. The molecule has 0 aliphatic heterocycles. The minimum atomic E-state index is -0.0143. The molecule has 3 aromatic rings. The van der Waals surface area contributed by atoms with E-state index >= 15 is 0 Å². The maximum atomic E-state index is 12.0. The van der Waals surface area contributed by atoms with Gasteiger partial charge in [-0.15, -0.1) is 11.3 Å². The van der Waals surface area contributed by atoms with Gasteiger partial charge >= 0.3 is 0 Å². The Kier molecular flexibility index (Phi) is 5.23. The van der Waals surface area contributed by atoms with Gasteiger partial charge in [0.25, 0.3) is 0 Å². The van der Waals surface area contributed by atoms with Gasteiger partial charge in [0.2, 0.25) is 5.91 Å². The smallest absolute Gasteiger partial charge is 0.224 e. The number of amides is 1. The first-order chi connectivity index (χ1) is 11.7. The van der Waals surface area contributed by atoms with Crippen LogP contribution < -0.4 is 10.1 Å². The van der Waals surface area contributed by atoms with Gasteiger partial charge in [-0.3, -0.25) is 4.79 Å². The number of hydrogen-bond donors (Lipinski definition) is 1. The molecule has 5 heteroatoms. The summed E-state index contributed by atoms with van der Waals surface area (Å²) in [6.45, 7) is 1.96. The minimum Gasteiger partial charge on any atom is -0.457 e. The van der Waals surface area contributed by atoms with Crippen LogP contribution in [0.2, 0.25) is 0 Å². The summed E-state index contributed by atoms with van der Waals surface area (Å²) in [4.78, 5) is 16.4. The fraction of sp³-hybridized carbons (Fsp3) is 0.158. The Morgan fingerprint density at radius 1 is 1.08 bits per heavy atom. The summed E-state index contributed by atoms with van der Waals surface area (Å²) in [5.74, 6) is 1.50. The molecule has 1 aromatic heterocycles. The van der Waals surface area contributed by atoms with E-state index in [2.05, 4.69) is 10.3 Å². The molecule has 0 saturated carbocycles. The normalized spacial score (nSPS) is 10.4. The molecular weight excluding hydrogens is 320 g/mol. The SMILES string of the molecule is Cc1csc(CCC(=O)Nc2ccc(Oc3ccccc3)cc2)n1. The quantitative estimate of drug-likeness (QED) is 0.701. The Bertz CT molecular complexity index is 798. The number of ether oxygens (including phenoxy) is 1. The molecule has 0 unspecified atom stereocenters. The van der Waals surface area contributed by atoms with Crippen LogP contribution in [0, 0.1) is 6.92 Å². The van der Waals surface area contributed by atoms with Crippen LogP contribution in [0.4, 0.5) is 5.69 Å². The summed E-state index contributed by atoms with van der Waals surface area (Å²) >= 11 is 1.59. The molecule has 1 amide bonds. The monoisotopic (exact) mass is 338 g/mol. The van der Waals surface area contributed by atoms with Gasteiger partial charge in [-0.05, 0) is 43.3 Å². The van der Waals surface area contributed by atoms with Crippen molar-refractivity contribution in [2.24, 2.45) is 0 Å². The Morgan fingerprint density at radius 2 is 1.79 bits per heavy atom. The highest BCUT2D eigenvalue weighted by atomic mass is 32.1. The Balaban J connectivity index is 1.51. The third-order valence-corrected chi connectivity index (χ3v) is 4.38. The number of carbonyl (C=O) groups is 1. The zero-order valence-corrected chi connectivity index (χ0v) is 14.2. The van der Waals surface area contributed by atoms with Gasteiger partial charge in [-0.25, -0.2) is 4.98 Å². The number of aryl methyl sites for hydroxylation is 2. The van der Waals surface area contributed by atoms with Crippen LogP contribution in [0.25, 0.3) is 0 Å². The van der Waals surface area contributed by atoms with E-state index < -0.39 is 0 Å². The van der Waals surface area contributed by atoms with E-state index in [9.17, 15) is 4.79 Å². The summed E-state index contributed by atoms with van der Waals surface area (Å²) in [6, 6.07) is 16.9. The van der Waals surface area contributed by atoms with Crippen LogP contribution in [-0.2, 0) is 11.2 Å². The van der Waals surface area contributed by atoms with Crippen LogP contribution >= 0.6 is 11.3 Å². The second kappa shape index (κ2) is 7.75. The number of hydrogen-bond acceptors (Lipinski definition) is 4. The lowest BCUT2D eigenvalue weighted by atomic mass is 10.2. The summed E-state index contributed by atoms with van der Waals surface area (Å²) < 4.78 is 5.73. The molecule has 4 nitrogen and oxygen atoms in total. The first kappa shape index (κ1) is 16.2. The molecule has 2 aromatic carbocycles. The number of rotatable bonds is 6. The van der Waals surface area contributed by atoms with Gasteiger partial charge in [0.05, 0.1) is 5.01 Å². The molecular formula is C19H18N2O2S. The molecule has 1 heterocycles. The zero-order chi connectivity index (χ0) is 16.8. The lowest BCUT2D eigenvalue weighted by molar-refractivity contribution is -0.116. The van der Waals surface area contributed by atoms with Gasteiger partial charge in [0.1, 0.15) is 11.5 Å². The number of carbonyl (C=O) groups excluding carboxylic acids is 1. The van der Waals surface area contributed by atoms with Crippen molar-refractivity contribution in [1.82, 2.24) is 4.98 Å². The van der Waals surface area contributed by atoms with Gasteiger partial charge in [0.15, 0.2) is 0 Å². The highest BCUT2D eigenvalue weighted by molar-refractivity contribution is 7.09. The molecule has 0 radical (unpaired) electrons. The van der Waals surface area contributed by atoms with Crippen molar-refractivity contribution in [3.8, 4) is 11.5 Å². The van der Waals surface area contributed by atoms with E-state index in [0.29, 0.717) is 12.8 Å². The molecule has 0 spiro atoms. The van der Waals surface area contributed by atoms with E-state index in [0.717, 1.165) is 27.9 Å². The Morgan fingerprint density at radius 3 is 2.46 bits per heavy atom. The number of benzene rings is 2. The maximum Gasteiger partial charge on any atom is 0.224 e. The van der Waals surface area contributed by atoms with Crippen molar-refractivity contribution in [3.63, 3.8) is 0 Å². The molecule has 0 aliphatic rings. The van der Waals surface area contributed by atoms with E-state index in [-0.39, 0.29) is 5.91 Å². The van der Waals surface area contributed by atoms with Crippen molar-refractivity contribution in [3.05, 3.63) is 70.7 Å². The molecule has 122 valence electrons. The molecule has 24 heavy (non-hydrogen) atoms. The Hall–Kier alpha value is -2.66. The third kappa shape index (κ3) is 4.67. The Labute approximate surface area is 145 Å². The molecule has 0 fully saturated rings. The van der Waals surface area contributed by atoms with Crippen LogP contribution in [0.3, 0.4) is 0 Å². The number of thiazole rings is 1. The highest BCUT2D eigenvalue weighted by Gasteiger charge is 2.06. The van der Waals surface area contributed by atoms with E-state index in [1.54, 1.807) is 11.3 Å². The van der Waals surface area contributed by atoms with Crippen molar-refractivity contribution in [2.75, 3.05) is 5.32 Å². The fourth-order valence-corrected chi connectivity index (χ4v) is 2.97. The lowest BCUT2D eigenvalue weighted by Gasteiger charge is -2.08. The first-order valence-electron chi connectivity index (χ1n) is 7.73. The van der Waals surface area contributed by atoms with Crippen LogP contribution in [-0.4, -0.2) is 10.9 Å². The summed E-state index contributed by atoms with van der Waals surface area (Å²) in [7, 11) is 0. The topological polar surface area (TPSA) is 51.2 Å². The van der Waals surface area contributed by atoms with Crippen LogP contribution in [0.15, 0.2) is 60.0 Å². The summed E-state index contributed by atoms with van der Waals surface area (Å²) in [6.07, 6.45) is 1.09. The second-order valence-corrected chi connectivity index (χ2v) is 6.31. The number of nitrogens with one attached hydrogen (secondary N) is 1. The van der Waals surface area contributed by atoms with E-state index in [1.807, 2.05) is 66.9 Å². The van der Waals surface area contributed by atoms with Crippen molar-refractivity contribution in [1.29, 1.82) is 0 Å². The molecule has 0 saturated heterocycles. The standard InChI is InChI=1S/C19H18N2O2S/c1-14-13-24-19(20-14)12-11-18(22)21-15-7-9-17(10-8-15)23-16-5-3-2-4-6-16/h2-10,13H,11-12H2,1H3,(H,21,22). The van der Waals surface area contributed by atoms with Gasteiger partial charge in [-0.1, -0.05) is 18.2 Å². The average Bonchev–Trinajstić information content (AvgIpc) is 3.01. The van der Waals surface area contributed by atoms with Gasteiger partial charge < -0.3 is 10.1 Å². The highest BCUT2D eigenvalue weighted by Crippen LogP contribution is 2.22. The number of nitrogens with zero attached hydrogens (tertiary/aromatic N) is 1. The summed E-state index contributed by atoms with van der Waals surface area (Å²) in [5.41, 5.74) is 1.76. The molecule has 0 atom stereocenters. The largest absolute Gasteiger partial charge is 0.457 e. The van der Waals surface area contributed by atoms with Crippen LogP contribution in [0.5, 0.6) is 11.5 Å². The predicted octanol–water partition coefficient (Wildman–Crippen LogP) is 4.82. The van der Waals surface area contributed by atoms with Crippen molar-refractivity contribution >= 4 is 22.9 Å². The molecule has 0 aliphatic carbocycles. The zero-order valence-electron chi connectivity index (χ0n) is 13.4. The van der Waals surface area contributed by atoms with E-state index in [4.69, 9.17) is 4.74 Å². The number of aromatic nitrogens is 1. The molecule has 0 bridgehead atoms. The van der Waals surface area contributed by atoms with Crippen LogP contribution in [0.1, 0.15) is 17.1 Å². The van der Waals surface area contributed by atoms with E-state index in [1.165, 1.54) is 0 Å². The molecule has 1 N–H and O–H groups in total. The second-order valence-electron chi connectivity index (χ2n) is 5.37. The van der Waals surface area contributed by atoms with Gasteiger partial charge in [-0.2, -0.15) is 0 Å². The third-order valence-electron chi connectivity index (χ3n) is 3.35.